The van der Waals surface area contributed by atoms with Gasteiger partial charge in [-0.25, -0.2) is 0 Å². The molecule has 0 N–H and O–H groups in total. The van der Waals surface area contributed by atoms with E-state index in [-0.39, 0.29) is 18.4 Å². The fraction of sp³-hybridized carbons (Fsp3) is 0.333. The van der Waals surface area contributed by atoms with Gasteiger partial charge in [0.2, 0.25) is 5.91 Å². The molecule has 1 atom stereocenters. The van der Waals surface area contributed by atoms with Crippen molar-refractivity contribution >= 4 is 40.9 Å². The monoisotopic (exact) mass is 416 g/mol. The third-order valence-corrected chi connectivity index (χ3v) is 6.84. The van der Waals surface area contributed by atoms with E-state index in [1.54, 1.807) is 15.9 Å². The Kier molecular flexibility index (Phi) is 5.12. The normalized spacial score (nSPS) is 20.9. The molecule has 146 valence electrons. The maximum Gasteiger partial charge on any atom is 0.268 e. The Balaban J connectivity index is 1.79. The molecule has 1 saturated heterocycles. The maximum absolute atomic E-state index is 13.7. The largest absolute Gasteiger partial charge is 0.375 e. The molecular formula is C21H21ClN2O3S. The van der Waals surface area contributed by atoms with E-state index in [1.807, 2.05) is 43.3 Å². The Hall–Kier alpha value is -2.02. The molecule has 28 heavy (non-hydrogen) atoms. The molecule has 4 rings (SSSR count). The predicted octanol–water partition coefficient (Wildman–Crippen LogP) is 3.57. The lowest BCUT2D eigenvalue weighted by atomic mass is 10.1. The lowest BCUT2D eigenvalue weighted by Crippen LogP contribution is -2.51. The number of nitrogens with zero attached hydrogens (tertiary/aromatic N) is 2. The van der Waals surface area contributed by atoms with Crippen molar-refractivity contribution in [1.82, 2.24) is 4.90 Å². The number of fused-ring (bicyclic) bond motifs is 2. The molecular weight excluding hydrogens is 396 g/mol. The van der Waals surface area contributed by atoms with Crippen molar-refractivity contribution in [3.63, 3.8) is 0 Å². The number of benzene rings is 2. The molecule has 2 aromatic carbocycles. The average Bonchev–Trinajstić information content (AvgIpc) is 3.21. The van der Waals surface area contributed by atoms with Crippen molar-refractivity contribution in [2.24, 2.45) is 0 Å². The topological polar surface area (TPSA) is 49.9 Å². The summed E-state index contributed by atoms with van der Waals surface area (Å²) in [7, 11) is 1.48. The molecule has 0 radical (unpaired) electrons. The van der Waals surface area contributed by atoms with Crippen LogP contribution in [0.3, 0.4) is 0 Å². The van der Waals surface area contributed by atoms with E-state index >= 15 is 0 Å². The lowest BCUT2D eigenvalue weighted by Gasteiger charge is -2.33. The zero-order valence-electron chi connectivity index (χ0n) is 15.8. The van der Waals surface area contributed by atoms with Crippen molar-refractivity contribution in [2.45, 2.75) is 18.3 Å². The van der Waals surface area contributed by atoms with Crippen LogP contribution in [0.2, 0.25) is 5.02 Å². The van der Waals surface area contributed by atoms with Crippen LogP contribution in [0.1, 0.15) is 16.7 Å². The van der Waals surface area contributed by atoms with Gasteiger partial charge in [-0.15, -0.1) is 11.8 Å². The van der Waals surface area contributed by atoms with Gasteiger partial charge in [-0.05, 0) is 30.7 Å². The van der Waals surface area contributed by atoms with Gasteiger partial charge in [0, 0.05) is 30.0 Å². The van der Waals surface area contributed by atoms with Crippen LogP contribution >= 0.6 is 23.4 Å². The number of aryl methyl sites for hydroxylation is 1. The second-order valence-electron chi connectivity index (χ2n) is 7.01. The molecule has 0 bridgehead atoms. The number of hydrogen-bond donors (Lipinski definition) is 0. The number of carbonyl (C=O) groups excluding carboxylic acids is 2. The van der Waals surface area contributed by atoms with Crippen LogP contribution < -0.4 is 4.90 Å². The van der Waals surface area contributed by atoms with E-state index in [0.717, 1.165) is 16.8 Å². The first kappa shape index (κ1) is 19.3. The van der Waals surface area contributed by atoms with Gasteiger partial charge < -0.3 is 14.5 Å². The van der Waals surface area contributed by atoms with E-state index in [9.17, 15) is 9.59 Å². The molecule has 2 aromatic rings. The number of methoxy groups -OCH3 is 1. The molecule has 1 fully saturated rings. The molecule has 0 unspecified atom stereocenters. The first-order valence-electron chi connectivity index (χ1n) is 9.08. The molecule has 2 aliphatic rings. The highest BCUT2D eigenvalue weighted by atomic mass is 35.5. The summed E-state index contributed by atoms with van der Waals surface area (Å²) in [5, 5.41) is 0.551. The van der Waals surface area contributed by atoms with Gasteiger partial charge in [-0.3, -0.25) is 9.59 Å². The van der Waals surface area contributed by atoms with Crippen molar-refractivity contribution in [2.75, 3.05) is 30.9 Å². The van der Waals surface area contributed by atoms with Crippen LogP contribution in [0, 0.1) is 6.92 Å². The molecule has 0 aliphatic carbocycles. The second kappa shape index (κ2) is 7.43. The molecule has 2 aliphatic heterocycles. The Bertz CT molecular complexity index is 934. The number of thioether (sulfide) groups is 1. The minimum Gasteiger partial charge on any atom is -0.375 e. The summed E-state index contributed by atoms with van der Waals surface area (Å²) in [5.41, 5.74) is 3.79. The zero-order valence-corrected chi connectivity index (χ0v) is 17.3. The first-order valence-corrected chi connectivity index (χ1v) is 10.4. The fourth-order valence-corrected chi connectivity index (χ4v) is 5.52. The third kappa shape index (κ3) is 3.00. The van der Waals surface area contributed by atoms with Crippen LogP contribution in [0.15, 0.2) is 42.5 Å². The summed E-state index contributed by atoms with van der Waals surface area (Å²) in [5.74, 6) is 0.396. The average molecular weight is 417 g/mol. The Morgan fingerprint density at radius 2 is 2.00 bits per heavy atom. The van der Waals surface area contributed by atoms with Crippen molar-refractivity contribution in [1.29, 1.82) is 0 Å². The SMILES string of the molecule is COCC(=O)N1CCS[C@]12C(=O)N(Cc1ccc(C)cc1)c1ccc(Cl)cc12. The van der Waals surface area contributed by atoms with Gasteiger partial charge in [0.15, 0.2) is 4.87 Å². The van der Waals surface area contributed by atoms with E-state index in [4.69, 9.17) is 16.3 Å². The highest BCUT2D eigenvalue weighted by Crippen LogP contribution is 2.54. The molecule has 5 nitrogen and oxygen atoms in total. The van der Waals surface area contributed by atoms with E-state index < -0.39 is 4.87 Å². The van der Waals surface area contributed by atoms with Crippen LogP contribution in [-0.4, -0.2) is 42.7 Å². The number of rotatable bonds is 4. The van der Waals surface area contributed by atoms with Crippen molar-refractivity contribution in [3.05, 3.63) is 64.2 Å². The van der Waals surface area contributed by atoms with Gasteiger partial charge in [-0.1, -0.05) is 41.4 Å². The number of hydrogen-bond acceptors (Lipinski definition) is 4. The second-order valence-corrected chi connectivity index (χ2v) is 8.73. The predicted molar refractivity (Wildman–Crippen MR) is 112 cm³/mol. The number of anilines is 1. The maximum atomic E-state index is 13.7. The molecule has 2 amide bonds. The molecule has 0 aromatic heterocycles. The van der Waals surface area contributed by atoms with Crippen molar-refractivity contribution in [3.8, 4) is 0 Å². The van der Waals surface area contributed by atoms with Crippen LogP contribution in [0.25, 0.3) is 0 Å². The van der Waals surface area contributed by atoms with Gasteiger partial charge in [0.25, 0.3) is 5.91 Å². The zero-order chi connectivity index (χ0) is 19.9. The minimum atomic E-state index is -1.07. The smallest absolute Gasteiger partial charge is 0.268 e. The van der Waals surface area contributed by atoms with Crippen LogP contribution in [-0.2, 0) is 25.7 Å². The highest BCUT2D eigenvalue weighted by Gasteiger charge is 2.59. The first-order chi connectivity index (χ1) is 13.5. The van der Waals surface area contributed by atoms with Gasteiger partial charge >= 0.3 is 0 Å². The van der Waals surface area contributed by atoms with Crippen LogP contribution in [0.4, 0.5) is 5.69 Å². The summed E-state index contributed by atoms with van der Waals surface area (Å²) in [6.45, 7) is 2.93. The fourth-order valence-electron chi connectivity index (χ4n) is 3.88. The summed E-state index contributed by atoms with van der Waals surface area (Å²) >= 11 is 7.77. The quantitative estimate of drug-likeness (QED) is 0.764. The molecule has 1 spiro atoms. The molecule has 0 saturated carbocycles. The van der Waals surface area contributed by atoms with Crippen molar-refractivity contribution < 1.29 is 14.3 Å². The van der Waals surface area contributed by atoms with Gasteiger partial charge in [0.1, 0.15) is 6.61 Å². The number of amides is 2. The van der Waals surface area contributed by atoms with E-state index in [2.05, 4.69) is 0 Å². The summed E-state index contributed by atoms with van der Waals surface area (Å²) in [4.78, 5) is 28.8. The minimum absolute atomic E-state index is 0.0521. The standard InChI is InChI=1S/C21H21ClN2O3S/c1-14-3-5-15(6-4-14)12-23-18-8-7-16(22)11-17(18)21(20(23)26)24(9-10-28-21)19(25)13-27-2/h3-8,11H,9-10,12-13H2,1-2H3/t21-/m1/s1. The van der Waals surface area contributed by atoms with E-state index in [0.29, 0.717) is 23.9 Å². The molecule has 2 heterocycles. The Labute approximate surface area is 173 Å². The van der Waals surface area contributed by atoms with Gasteiger partial charge in [0.05, 0.1) is 12.2 Å². The van der Waals surface area contributed by atoms with Gasteiger partial charge in [-0.2, -0.15) is 0 Å². The summed E-state index contributed by atoms with van der Waals surface area (Å²) < 4.78 is 5.05. The lowest BCUT2D eigenvalue weighted by molar-refractivity contribution is -0.143. The number of carbonyl (C=O) groups is 2. The van der Waals surface area contributed by atoms with E-state index in [1.165, 1.54) is 24.4 Å². The number of halogens is 1. The molecule has 7 heteroatoms. The Morgan fingerprint density at radius 3 is 2.71 bits per heavy atom. The summed E-state index contributed by atoms with van der Waals surface area (Å²) in [6.07, 6.45) is 0. The summed E-state index contributed by atoms with van der Waals surface area (Å²) in [6, 6.07) is 13.6. The Morgan fingerprint density at radius 1 is 1.25 bits per heavy atom. The number of ether oxygens (including phenoxy) is 1. The third-order valence-electron chi connectivity index (χ3n) is 5.19. The highest BCUT2D eigenvalue weighted by molar-refractivity contribution is 8.01. The van der Waals surface area contributed by atoms with Crippen LogP contribution in [0.5, 0.6) is 0 Å².